The number of halogens is 1. The first kappa shape index (κ1) is 14.3. The number of carbonyl (C=O) groups is 1. The lowest BCUT2D eigenvalue weighted by molar-refractivity contribution is -0.143. The Balaban J connectivity index is 2.16. The van der Waals surface area contributed by atoms with Gasteiger partial charge in [0.25, 0.3) is 0 Å². The van der Waals surface area contributed by atoms with Crippen molar-refractivity contribution in [3.8, 4) is 0 Å². The van der Waals surface area contributed by atoms with Crippen molar-refractivity contribution in [3.63, 3.8) is 0 Å². The van der Waals surface area contributed by atoms with Crippen LogP contribution in [0.2, 0.25) is 0 Å². The summed E-state index contributed by atoms with van der Waals surface area (Å²) in [4.78, 5) is 11.1. The Kier molecular flexibility index (Phi) is 6.29. The Hall–Kier alpha value is -0.810. The molecule has 17 heavy (non-hydrogen) atoms. The van der Waals surface area contributed by atoms with Crippen LogP contribution in [0.4, 0.5) is 0 Å². The largest absolute Gasteiger partial charge is 0.466 e. The molecule has 0 fully saturated rings. The van der Waals surface area contributed by atoms with E-state index < -0.39 is 0 Å². The van der Waals surface area contributed by atoms with E-state index >= 15 is 0 Å². The molecule has 1 N–H and O–H groups in total. The third-order valence-corrected chi connectivity index (χ3v) is 2.76. The summed E-state index contributed by atoms with van der Waals surface area (Å²) in [6, 6.07) is 3.93. The Labute approximate surface area is 110 Å². The van der Waals surface area contributed by atoms with Gasteiger partial charge in [-0.1, -0.05) is 0 Å². The van der Waals surface area contributed by atoms with Crippen molar-refractivity contribution in [2.45, 2.75) is 32.7 Å². The van der Waals surface area contributed by atoms with Gasteiger partial charge in [0.05, 0.1) is 12.6 Å². The summed E-state index contributed by atoms with van der Waals surface area (Å²) in [6.07, 6.45) is 1.22. The van der Waals surface area contributed by atoms with Gasteiger partial charge in [-0.25, -0.2) is 0 Å². The van der Waals surface area contributed by atoms with E-state index in [4.69, 9.17) is 9.15 Å². The van der Waals surface area contributed by atoms with Gasteiger partial charge in [0.15, 0.2) is 4.67 Å². The van der Waals surface area contributed by atoms with Crippen molar-refractivity contribution < 1.29 is 13.9 Å². The van der Waals surface area contributed by atoms with Crippen molar-refractivity contribution >= 4 is 21.9 Å². The zero-order chi connectivity index (χ0) is 12.7. The standard InChI is InChI=1S/C12H18BrNO3/c1-3-16-12(15)5-4-8-14-9(2)10-6-7-11(13)17-10/h6-7,9,14H,3-5,8H2,1-2H3. The number of hydrogen-bond acceptors (Lipinski definition) is 4. The van der Waals surface area contributed by atoms with E-state index in [1.807, 2.05) is 26.0 Å². The second-order valence-electron chi connectivity index (χ2n) is 3.73. The predicted molar refractivity (Wildman–Crippen MR) is 68.7 cm³/mol. The van der Waals surface area contributed by atoms with E-state index in [1.165, 1.54) is 0 Å². The van der Waals surface area contributed by atoms with Crippen LogP contribution in [0.25, 0.3) is 0 Å². The van der Waals surface area contributed by atoms with Crippen LogP contribution in [0.3, 0.4) is 0 Å². The summed E-state index contributed by atoms with van der Waals surface area (Å²) in [5, 5.41) is 3.29. The second kappa shape index (κ2) is 7.50. The lowest BCUT2D eigenvalue weighted by atomic mass is 10.2. The van der Waals surface area contributed by atoms with Crippen LogP contribution < -0.4 is 5.32 Å². The molecule has 0 aliphatic carbocycles. The highest BCUT2D eigenvalue weighted by Crippen LogP contribution is 2.19. The van der Waals surface area contributed by atoms with E-state index in [9.17, 15) is 4.79 Å². The minimum atomic E-state index is -0.136. The summed E-state index contributed by atoms with van der Waals surface area (Å²) >= 11 is 3.26. The first-order chi connectivity index (χ1) is 8.13. The predicted octanol–water partition coefficient (Wildman–Crippen LogP) is 3.04. The molecule has 0 aromatic carbocycles. The molecule has 0 saturated heterocycles. The molecule has 0 spiro atoms. The molecule has 1 heterocycles. The van der Waals surface area contributed by atoms with E-state index in [0.29, 0.717) is 13.0 Å². The van der Waals surface area contributed by atoms with Crippen LogP contribution in [-0.2, 0) is 9.53 Å². The van der Waals surface area contributed by atoms with Crippen LogP contribution >= 0.6 is 15.9 Å². The van der Waals surface area contributed by atoms with E-state index in [-0.39, 0.29) is 12.0 Å². The topological polar surface area (TPSA) is 51.5 Å². The SMILES string of the molecule is CCOC(=O)CCCNC(C)c1ccc(Br)o1. The number of rotatable bonds is 7. The summed E-state index contributed by atoms with van der Waals surface area (Å²) in [7, 11) is 0. The van der Waals surface area contributed by atoms with Crippen molar-refractivity contribution in [1.82, 2.24) is 5.32 Å². The lowest BCUT2D eigenvalue weighted by Crippen LogP contribution is -2.20. The first-order valence-electron chi connectivity index (χ1n) is 5.77. The molecule has 1 atom stereocenters. The molecular formula is C12H18BrNO3. The van der Waals surface area contributed by atoms with Crippen molar-refractivity contribution in [2.24, 2.45) is 0 Å². The lowest BCUT2D eigenvalue weighted by Gasteiger charge is -2.10. The van der Waals surface area contributed by atoms with Crippen LogP contribution in [0.1, 0.15) is 38.5 Å². The van der Waals surface area contributed by atoms with Gasteiger partial charge in [0, 0.05) is 6.42 Å². The molecule has 0 bridgehead atoms. The Morgan fingerprint density at radius 2 is 2.35 bits per heavy atom. The number of carbonyl (C=O) groups excluding carboxylic acids is 1. The quantitative estimate of drug-likeness (QED) is 0.621. The van der Waals surface area contributed by atoms with Gasteiger partial charge in [-0.2, -0.15) is 0 Å². The molecule has 0 aliphatic heterocycles. The smallest absolute Gasteiger partial charge is 0.305 e. The molecule has 1 aromatic rings. The fourth-order valence-electron chi connectivity index (χ4n) is 1.45. The first-order valence-corrected chi connectivity index (χ1v) is 6.57. The minimum absolute atomic E-state index is 0.136. The normalized spacial score (nSPS) is 12.4. The maximum atomic E-state index is 11.1. The van der Waals surface area contributed by atoms with Gasteiger partial charge in [-0.3, -0.25) is 4.79 Å². The number of furan rings is 1. The highest BCUT2D eigenvalue weighted by atomic mass is 79.9. The molecule has 1 aromatic heterocycles. The van der Waals surface area contributed by atoms with Crippen molar-refractivity contribution in [1.29, 1.82) is 0 Å². The van der Waals surface area contributed by atoms with Crippen LogP contribution in [0, 0.1) is 0 Å². The molecule has 0 radical (unpaired) electrons. The molecule has 96 valence electrons. The van der Waals surface area contributed by atoms with Crippen molar-refractivity contribution in [2.75, 3.05) is 13.2 Å². The minimum Gasteiger partial charge on any atom is -0.466 e. The van der Waals surface area contributed by atoms with Gasteiger partial charge < -0.3 is 14.5 Å². The zero-order valence-corrected chi connectivity index (χ0v) is 11.7. The average molecular weight is 304 g/mol. The Bertz CT molecular complexity index is 351. The van der Waals surface area contributed by atoms with E-state index in [1.54, 1.807) is 0 Å². The number of hydrogen-bond donors (Lipinski definition) is 1. The van der Waals surface area contributed by atoms with E-state index in [0.717, 1.165) is 23.4 Å². The van der Waals surface area contributed by atoms with Crippen LogP contribution in [-0.4, -0.2) is 19.1 Å². The number of nitrogens with one attached hydrogen (secondary N) is 1. The maximum Gasteiger partial charge on any atom is 0.305 e. The molecular weight excluding hydrogens is 286 g/mol. The van der Waals surface area contributed by atoms with Crippen molar-refractivity contribution in [3.05, 3.63) is 22.6 Å². The third kappa shape index (κ3) is 5.37. The molecule has 5 heteroatoms. The molecule has 0 amide bonds. The number of esters is 1. The number of ether oxygens (including phenoxy) is 1. The Morgan fingerprint density at radius 3 is 2.94 bits per heavy atom. The van der Waals surface area contributed by atoms with Crippen LogP contribution in [0.5, 0.6) is 0 Å². The average Bonchev–Trinajstić information content (AvgIpc) is 2.71. The van der Waals surface area contributed by atoms with Gasteiger partial charge in [0.1, 0.15) is 5.76 Å². The maximum absolute atomic E-state index is 11.1. The van der Waals surface area contributed by atoms with Gasteiger partial charge in [-0.15, -0.1) is 0 Å². The fraction of sp³-hybridized carbons (Fsp3) is 0.583. The van der Waals surface area contributed by atoms with Gasteiger partial charge >= 0.3 is 5.97 Å². The Morgan fingerprint density at radius 1 is 1.59 bits per heavy atom. The molecule has 0 aliphatic rings. The van der Waals surface area contributed by atoms with Gasteiger partial charge in [0.2, 0.25) is 0 Å². The highest BCUT2D eigenvalue weighted by Gasteiger charge is 2.09. The monoisotopic (exact) mass is 303 g/mol. The zero-order valence-electron chi connectivity index (χ0n) is 10.2. The summed E-state index contributed by atoms with van der Waals surface area (Å²) in [5.74, 6) is 0.746. The third-order valence-electron chi connectivity index (χ3n) is 2.33. The summed E-state index contributed by atoms with van der Waals surface area (Å²) in [6.45, 7) is 5.05. The second-order valence-corrected chi connectivity index (χ2v) is 4.51. The highest BCUT2D eigenvalue weighted by molar-refractivity contribution is 9.10. The fourth-order valence-corrected chi connectivity index (χ4v) is 1.77. The molecule has 0 saturated carbocycles. The molecule has 1 rings (SSSR count). The van der Waals surface area contributed by atoms with Gasteiger partial charge in [-0.05, 0) is 54.9 Å². The molecule has 4 nitrogen and oxygen atoms in total. The van der Waals surface area contributed by atoms with E-state index in [2.05, 4.69) is 21.2 Å². The summed E-state index contributed by atoms with van der Waals surface area (Å²) < 4.78 is 11.0. The molecule has 1 unspecified atom stereocenters. The van der Waals surface area contributed by atoms with Crippen LogP contribution in [0.15, 0.2) is 21.2 Å². The summed E-state index contributed by atoms with van der Waals surface area (Å²) in [5.41, 5.74) is 0.